The third-order valence-electron chi connectivity index (χ3n) is 2.38. The van der Waals surface area contributed by atoms with E-state index in [1.54, 1.807) is 0 Å². The molecule has 0 saturated heterocycles. The van der Waals surface area contributed by atoms with Crippen LogP contribution in [0.5, 0.6) is 0 Å². The summed E-state index contributed by atoms with van der Waals surface area (Å²) in [6.45, 7) is -1.14. The van der Waals surface area contributed by atoms with Gasteiger partial charge in [0.1, 0.15) is 12.4 Å². The summed E-state index contributed by atoms with van der Waals surface area (Å²) in [7, 11) is 0. The predicted molar refractivity (Wildman–Crippen MR) is 85.7 cm³/mol. The van der Waals surface area contributed by atoms with Gasteiger partial charge in [0.15, 0.2) is 11.1 Å². The quantitative estimate of drug-likeness (QED) is 0.129. The summed E-state index contributed by atoms with van der Waals surface area (Å²) in [5.74, 6) is -1.61. The molecule has 0 aliphatic carbocycles. The molecule has 1 aromatic heterocycles. The normalized spacial score (nSPS) is 11.9. The van der Waals surface area contributed by atoms with E-state index in [4.69, 9.17) is 11.5 Å². The van der Waals surface area contributed by atoms with Crippen molar-refractivity contribution in [1.82, 2.24) is 15.3 Å². The molecular formula is C12H16F3N7O2S. The van der Waals surface area contributed by atoms with Crippen LogP contribution in [0.25, 0.3) is 0 Å². The Morgan fingerprint density at radius 2 is 2.04 bits per heavy atom. The number of primary amides is 1. The van der Waals surface area contributed by atoms with E-state index in [-0.39, 0.29) is 12.4 Å². The van der Waals surface area contributed by atoms with E-state index in [1.165, 1.54) is 24.0 Å². The van der Waals surface area contributed by atoms with E-state index >= 15 is 0 Å². The fourth-order valence-corrected chi connectivity index (χ4v) is 2.12. The molecular weight excluding hydrogens is 363 g/mol. The highest BCUT2D eigenvalue weighted by atomic mass is 32.2. The van der Waals surface area contributed by atoms with E-state index in [0.29, 0.717) is 17.3 Å². The average molecular weight is 379 g/mol. The number of halogens is 3. The van der Waals surface area contributed by atoms with E-state index < -0.39 is 30.5 Å². The number of guanidine groups is 1. The minimum Gasteiger partial charge on any atom is -0.370 e. The Bertz CT molecular complexity index is 639. The van der Waals surface area contributed by atoms with Crippen molar-refractivity contribution in [2.75, 3.05) is 24.2 Å². The van der Waals surface area contributed by atoms with E-state index in [0.717, 1.165) is 0 Å². The van der Waals surface area contributed by atoms with E-state index in [1.807, 2.05) is 0 Å². The number of nitrogens with two attached hydrogens (primary N) is 2. The maximum Gasteiger partial charge on any atom is 0.408 e. The largest absolute Gasteiger partial charge is 0.408 e. The van der Waals surface area contributed by atoms with Gasteiger partial charge in [0.25, 0.3) is 0 Å². The van der Waals surface area contributed by atoms with Gasteiger partial charge in [-0.05, 0) is 12.5 Å². The Morgan fingerprint density at radius 1 is 1.32 bits per heavy atom. The van der Waals surface area contributed by atoms with Crippen LogP contribution >= 0.6 is 11.8 Å². The highest BCUT2D eigenvalue weighted by Gasteiger charge is 2.26. The third kappa shape index (κ3) is 9.34. The number of aliphatic imine (C=N–C) groups is 1. The molecule has 0 unspecified atom stereocenters. The van der Waals surface area contributed by atoms with Crippen LogP contribution < -0.4 is 22.1 Å². The number of rotatable bonds is 7. The molecule has 0 spiro atoms. The van der Waals surface area contributed by atoms with Gasteiger partial charge in [0.05, 0.1) is 0 Å². The Balaban J connectivity index is 2.42. The van der Waals surface area contributed by atoms with Gasteiger partial charge in [0.2, 0.25) is 0 Å². The first-order chi connectivity index (χ1) is 11.7. The lowest BCUT2D eigenvalue weighted by molar-refractivity contribution is -0.137. The topological polar surface area (TPSA) is 148 Å². The second-order valence-electron chi connectivity index (χ2n) is 4.49. The zero-order chi connectivity index (χ0) is 18.9. The summed E-state index contributed by atoms with van der Waals surface area (Å²) in [6.07, 6.45) is -2.51. The molecule has 0 radical (unpaired) electrons. The number of amides is 2. The molecule has 6 N–H and O–H groups in total. The highest BCUT2D eigenvalue weighted by molar-refractivity contribution is 7.99. The lowest BCUT2D eigenvalue weighted by Crippen LogP contribution is -2.36. The van der Waals surface area contributed by atoms with Crippen molar-refractivity contribution >= 4 is 35.4 Å². The second-order valence-corrected chi connectivity index (χ2v) is 5.55. The third-order valence-corrected chi connectivity index (χ3v) is 3.33. The number of thioether (sulfide) groups is 1. The second kappa shape index (κ2) is 9.66. The van der Waals surface area contributed by atoms with Gasteiger partial charge in [-0.2, -0.15) is 13.2 Å². The average Bonchev–Trinajstić information content (AvgIpc) is 2.52. The van der Waals surface area contributed by atoms with Crippen molar-refractivity contribution in [2.45, 2.75) is 17.8 Å². The molecule has 1 aromatic rings. The van der Waals surface area contributed by atoms with Crippen LogP contribution in [0.4, 0.5) is 19.0 Å². The molecule has 9 nitrogen and oxygen atoms in total. The van der Waals surface area contributed by atoms with Crippen LogP contribution in [0.3, 0.4) is 0 Å². The first-order valence-corrected chi connectivity index (χ1v) is 7.83. The monoisotopic (exact) mass is 379 g/mol. The first-order valence-electron chi connectivity index (χ1n) is 6.84. The number of anilines is 1. The summed E-state index contributed by atoms with van der Waals surface area (Å²) in [5.41, 5.74) is 10.1. The number of hydrogen-bond acceptors (Lipinski definition) is 6. The molecule has 2 amide bonds. The van der Waals surface area contributed by atoms with Crippen molar-refractivity contribution in [3.63, 3.8) is 0 Å². The van der Waals surface area contributed by atoms with Gasteiger partial charge in [-0.25, -0.2) is 15.0 Å². The number of nitrogens with one attached hydrogen (secondary N) is 2. The fraction of sp³-hybridized carbons (Fsp3) is 0.417. The Morgan fingerprint density at radius 3 is 2.68 bits per heavy atom. The molecule has 1 heterocycles. The number of aromatic nitrogens is 2. The SMILES string of the molecule is NC(=O)C(=O)NCCCSc1nccc(NC(N)=NCC(F)(F)F)n1. The molecule has 0 atom stereocenters. The Kier molecular flexibility index (Phi) is 7.91. The maximum absolute atomic E-state index is 12.0. The number of carbonyl (C=O) groups excluding carboxylic acids is 2. The molecule has 25 heavy (non-hydrogen) atoms. The number of carbonyl (C=O) groups is 2. The van der Waals surface area contributed by atoms with Crippen LogP contribution in [0.1, 0.15) is 6.42 Å². The molecule has 1 rings (SSSR count). The van der Waals surface area contributed by atoms with Crippen LogP contribution in [0.15, 0.2) is 22.4 Å². The van der Waals surface area contributed by atoms with Crippen LogP contribution in [-0.2, 0) is 9.59 Å². The molecule has 13 heteroatoms. The van der Waals surface area contributed by atoms with Crippen molar-refractivity contribution in [3.8, 4) is 0 Å². The molecule has 0 saturated carbocycles. The van der Waals surface area contributed by atoms with Gasteiger partial charge in [0, 0.05) is 18.5 Å². The minimum atomic E-state index is -4.44. The van der Waals surface area contributed by atoms with Crippen molar-refractivity contribution in [1.29, 1.82) is 0 Å². The first kappa shape index (κ1) is 20.5. The summed E-state index contributed by atoms with van der Waals surface area (Å²) in [4.78, 5) is 32.6. The maximum atomic E-state index is 12.0. The highest BCUT2D eigenvalue weighted by Crippen LogP contribution is 2.16. The van der Waals surface area contributed by atoms with Crippen LogP contribution in [0, 0.1) is 0 Å². The van der Waals surface area contributed by atoms with Crippen molar-refractivity contribution in [2.24, 2.45) is 16.5 Å². The van der Waals surface area contributed by atoms with Gasteiger partial charge in [-0.1, -0.05) is 11.8 Å². The molecule has 0 bridgehead atoms. The number of nitrogens with zero attached hydrogens (tertiary/aromatic N) is 3. The summed E-state index contributed by atoms with van der Waals surface area (Å²) < 4.78 is 36.1. The van der Waals surface area contributed by atoms with Crippen molar-refractivity contribution < 1.29 is 22.8 Å². The zero-order valence-corrected chi connectivity index (χ0v) is 13.7. The molecule has 0 aliphatic heterocycles. The van der Waals surface area contributed by atoms with Gasteiger partial charge in [-0.15, -0.1) is 0 Å². The van der Waals surface area contributed by atoms with Gasteiger partial charge >= 0.3 is 18.0 Å². The van der Waals surface area contributed by atoms with Crippen LogP contribution in [0.2, 0.25) is 0 Å². The smallest absolute Gasteiger partial charge is 0.370 e. The lowest BCUT2D eigenvalue weighted by atomic mass is 10.4. The van der Waals surface area contributed by atoms with E-state index in [2.05, 4.69) is 25.6 Å². The molecule has 0 fully saturated rings. The number of alkyl halides is 3. The minimum absolute atomic E-state index is 0.197. The molecule has 138 valence electrons. The lowest BCUT2D eigenvalue weighted by Gasteiger charge is -2.07. The summed E-state index contributed by atoms with van der Waals surface area (Å²) in [6, 6.07) is 1.42. The summed E-state index contributed by atoms with van der Waals surface area (Å²) >= 11 is 1.25. The fourth-order valence-electron chi connectivity index (χ4n) is 1.35. The van der Waals surface area contributed by atoms with Gasteiger partial charge < -0.3 is 22.1 Å². The summed E-state index contributed by atoms with van der Waals surface area (Å²) in [5, 5.41) is 5.12. The Hall–Kier alpha value is -2.57. The Labute approximate surface area is 144 Å². The standard InChI is InChI=1S/C12H16F3N7O2S/c13-12(14,15)6-20-10(17)21-7-2-4-19-11(22-7)25-5-1-3-18-9(24)8(16)23/h2,4H,1,3,5-6H2,(H2,16,23)(H,18,24)(H3,17,19,20,21,22). The van der Waals surface area contributed by atoms with Crippen LogP contribution in [-0.4, -0.2) is 52.8 Å². The molecule has 0 aliphatic rings. The van der Waals surface area contributed by atoms with Gasteiger partial charge in [-0.3, -0.25) is 9.59 Å². The molecule has 0 aromatic carbocycles. The number of hydrogen-bond donors (Lipinski definition) is 4. The van der Waals surface area contributed by atoms with E-state index in [9.17, 15) is 22.8 Å². The predicted octanol–water partition coefficient (Wildman–Crippen LogP) is -0.151. The zero-order valence-electron chi connectivity index (χ0n) is 12.8. The van der Waals surface area contributed by atoms with Crippen molar-refractivity contribution in [3.05, 3.63) is 12.3 Å².